The van der Waals surface area contributed by atoms with Gasteiger partial charge < -0.3 is 11.1 Å². The van der Waals surface area contributed by atoms with Gasteiger partial charge in [0.2, 0.25) is 5.91 Å². The number of carbonyl (C=O) groups excluding carboxylic acids is 2. The molecule has 92 valence electrons. The van der Waals surface area contributed by atoms with Gasteiger partial charge in [0.15, 0.2) is 0 Å². The fourth-order valence-electron chi connectivity index (χ4n) is 1.14. The van der Waals surface area contributed by atoms with Crippen molar-refractivity contribution in [1.29, 1.82) is 0 Å². The highest BCUT2D eigenvalue weighted by Gasteiger charge is 2.15. The van der Waals surface area contributed by atoms with E-state index < -0.39 is 23.8 Å². The zero-order valence-electron chi connectivity index (χ0n) is 8.96. The minimum absolute atomic E-state index is 0.159. The molecule has 1 aromatic carbocycles. The van der Waals surface area contributed by atoms with Crippen molar-refractivity contribution in [3.8, 4) is 0 Å². The van der Waals surface area contributed by atoms with E-state index in [0.29, 0.717) is 4.47 Å². The third-order valence-corrected chi connectivity index (χ3v) is 2.43. The van der Waals surface area contributed by atoms with Crippen LogP contribution in [-0.4, -0.2) is 18.0 Å². The van der Waals surface area contributed by atoms with Crippen molar-refractivity contribution in [3.63, 3.8) is 0 Å². The van der Waals surface area contributed by atoms with Crippen molar-refractivity contribution in [2.45, 2.75) is 13.0 Å². The van der Waals surface area contributed by atoms with E-state index in [-0.39, 0.29) is 5.69 Å². The van der Waals surface area contributed by atoms with Crippen LogP contribution in [0.5, 0.6) is 0 Å². The number of nitrogens with one attached hydrogen (secondary N) is 2. The molecule has 0 spiro atoms. The number of halogens is 2. The van der Waals surface area contributed by atoms with Gasteiger partial charge in [-0.25, -0.2) is 9.18 Å². The van der Waals surface area contributed by atoms with Gasteiger partial charge in [0.25, 0.3) is 0 Å². The standard InChI is InChI=1S/C10H11BrFN3O2/c1-5(9(16)15-10(13)17)14-8-4-6(11)2-3-7(8)12/h2-5,14H,1H3,(H3,13,15,16,17). The molecule has 0 aliphatic heterocycles. The van der Waals surface area contributed by atoms with Crippen LogP contribution in [0.25, 0.3) is 0 Å². The molecule has 3 amide bonds. The second-order valence-corrected chi connectivity index (χ2v) is 4.26. The van der Waals surface area contributed by atoms with E-state index in [1.54, 1.807) is 0 Å². The summed E-state index contributed by atoms with van der Waals surface area (Å²) in [6.45, 7) is 1.48. The first kappa shape index (κ1) is 13.4. The molecular weight excluding hydrogens is 293 g/mol. The van der Waals surface area contributed by atoms with Gasteiger partial charge >= 0.3 is 6.03 Å². The molecule has 0 aromatic heterocycles. The Morgan fingerprint density at radius 1 is 1.47 bits per heavy atom. The molecule has 1 unspecified atom stereocenters. The summed E-state index contributed by atoms with van der Waals surface area (Å²) in [4.78, 5) is 21.8. The van der Waals surface area contributed by atoms with Gasteiger partial charge in [-0.2, -0.15) is 0 Å². The van der Waals surface area contributed by atoms with Crippen LogP contribution in [0.15, 0.2) is 22.7 Å². The molecule has 1 atom stereocenters. The van der Waals surface area contributed by atoms with Gasteiger partial charge in [-0.1, -0.05) is 15.9 Å². The lowest BCUT2D eigenvalue weighted by atomic mass is 10.2. The molecule has 0 aliphatic rings. The topological polar surface area (TPSA) is 84.2 Å². The number of anilines is 1. The molecule has 4 N–H and O–H groups in total. The van der Waals surface area contributed by atoms with Crippen molar-refractivity contribution in [1.82, 2.24) is 5.32 Å². The number of primary amides is 1. The average molecular weight is 304 g/mol. The van der Waals surface area contributed by atoms with Crippen molar-refractivity contribution < 1.29 is 14.0 Å². The zero-order chi connectivity index (χ0) is 13.0. The largest absolute Gasteiger partial charge is 0.371 e. The Balaban J connectivity index is 2.73. The van der Waals surface area contributed by atoms with Crippen LogP contribution >= 0.6 is 15.9 Å². The smallest absolute Gasteiger partial charge is 0.318 e. The number of benzene rings is 1. The Labute approximate surface area is 106 Å². The summed E-state index contributed by atoms with van der Waals surface area (Å²) >= 11 is 3.18. The number of rotatable bonds is 3. The molecule has 0 fully saturated rings. The maximum absolute atomic E-state index is 13.3. The first-order valence-electron chi connectivity index (χ1n) is 4.72. The Kier molecular flexibility index (Phi) is 4.45. The van der Waals surface area contributed by atoms with Crippen LogP contribution in [0.1, 0.15) is 6.92 Å². The number of imide groups is 1. The second kappa shape index (κ2) is 5.62. The van der Waals surface area contributed by atoms with Gasteiger partial charge in [-0.15, -0.1) is 0 Å². The highest BCUT2D eigenvalue weighted by Crippen LogP contribution is 2.20. The SMILES string of the molecule is CC(Nc1cc(Br)ccc1F)C(=O)NC(N)=O. The first-order chi connectivity index (χ1) is 7.90. The summed E-state index contributed by atoms with van der Waals surface area (Å²) in [6, 6.07) is 2.55. The van der Waals surface area contributed by atoms with Crippen LogP contribution in [0.4, 0.5) is 14.9 Å². The molecule has 0 bridgehead atoms. The summed E-state index contributed by atoms with van der Waals surface area (Å²) in [5.41, 5.74) is 4.96. The molecule has 1 rings (SSSR count). The summed E-state index contributed by atoms with van der Waals surface area (Å²) < 4.78 is 14.0. The predicted octanol–water partition coefficient (Wildman–Crippen LogP) is 1.58. The minimum atomic E-state index is -0.946. The fourth-order valence-corrected chi connectivity index (χ4v) is 1.50. The lowest BCUT2D eigenvalue weighted by Crippen LogP contribution is -2.43. The molecular formula is C10H11BrFN3O2. The van der Waals surface area contributed by atoms with Crippen molar-refractivity contribution in [3.05, 3.63) is 28.5 Å². The van der Waals surface area contributed by atoms with Crippen molar-refractivity contribution in [2.24, 2.45) is 5.73 Å². The fraction of sp³-hybridized carbons (Fsp3) is 0.200. The van der Waals surface area contributed by atoms with E-state index in [4.69, 9.17) is 5.73 Å². The van der Waals surface area contributed by atoms with E-state index in [9.17, 15) is 14.0 Å². The third kappa shape index (κ3) is 4.03. The number of urea groups is 1. The molecule has 0 saturated carbocycles. The molecule has 0 radical (unpaired) electrons. The van der Waals surface area contributed by atoms with Gasteiger partial charge in [0.1, 0.15) is 11.9 Å². The number of hydrogen-bond acceptors (Lipinski definition) is 3. The monoisotopic (exact) mass is 303 g/mol. The van der Waals surface area contributed by atoms with E-state index >= 15 is 0 Å². The number of hydrogen-bond donors (Lipinski definition) is 3. The molecule has 0 aliphatic carbocycles. The molecule has 0 heterocycles. The van der Waals surface area contributed by atoms with E-state index in [1.165, 1.54) is 25.1 Å². The zero-order valence-corrected chi connectivity index (χ0v) is 10.5. The summed E-state index contributed by atoms with van der Waals surface area (Å²) in [5, 5.41) is 4.53. The molecule has 0 saturated heterocycles. The maximum atomic E-state index is 13.3. The first-order valence-corrected chi connectivity index (χ1v) is 5.51. The molecule has 17 heavy (non-hydrogen) atoms. The van der Waals surface area contributed by atoms with Crippen LogP contribution in [0.2, 0.25) is 0 Å². The van der Waals surface area contributed by atoms with Crippen molar-refractivity contribution >= 4 is 33.6 Å². The number of nitrogens with two attached hydrogens (primary N) is 1. The quantitative estimate of drug-likeness (QED) is 0.792. The predicted molar refractivity (Wildman–Crippen MR) is 64.9 cm³/mol. The molecule has 7 heteroatoms. The Morgan fingerprint density at radius 2 is 2.12 bits per heavy atom. The normalized spacial score (nSPS) is 11.7. The Morgan fingerprint density at radius 3 is 2.71 bits per heavy atom. The van der Waals surface area contributed by atoms with Crippen LogP contribution in [0.3, 0.4) is 0 Å². The van der Waals surface area contributed by atoms with E-state index in [2.05, 4.69) is 21.2 Å². The maximum Gasteiger partial charge on any atom is 0.318 e. The van der Waals surface area contributed by atoms with E-state index in [0.717, 1.165) is 0 Å². The average Bonchev–Trinajstić information content (AvgIpc) is 2.22. The Bertz CT molecular complexity index is 453. The highest BCUT2D eigenvalue weighted by molar-refractivity contribution is 9.10. The lowest BCUT2D eigenvalue weighted by molar-refractivity contribution is -0.120. The van der Waals surface area contributed by atoms with Gasteiger partial charge in [0, 0.05) is 4.47 Å². The third-order valence-electron chi connectivity index (χ3n) is 1.94. The highest BCUT2D eigenvalue weighted by atomic mass is 79.9. The van der Waals surface area contributed by atoms with E-state index in [1.807, 2.05) is 5.32 Å². The Hall–Kier alpha value is -1.63. The second-order valence-electron chi connectivity index (χ2n) is 3.34. The van der Waals surface area contributed by atoms with Crippen LogP contribution in [-0.2, 0) is 4.79 Å². The van der Waals surface area contributed by atoms with Gasteiger partial charge in [-0.05, 0) is 25.1 Å². The number of carbonyl (C=O) groups is 2. The van der Waals surface area contributed by atoms with Gasteiger partial charge in [0.05, 0.1) is 5.69 Å². The van der Waals surface area contributed by atoms with Crippen molar-refractivity contribution in [2.75, 3.05) is 5.32 Å². The summed E-state index contributed by atoms with van der Waals surface area (Å²) in [5.74, 6) is -1.12. The minimum Gasteiger partial charge on any atom is -0.371 e. The molecule has 5 nitrogen and oxygen atoms in total. The van der Waals surface area contributed by atoms with Crippen LogP contribution in [0, 0.1) is 5.82 Å². The molecule has 1 aromatic rings. The lowest BCUT2D eigenvalue weighted by Gasteiger charge is -2.14. The number of amides is 3. The summed E-state index contributed by atoms with van der Waals surface area (Å²) in [6.07, 6.45) is 0. The van der Waals surface area contributed by atoms with Crippen LogP contribution < -0.4 is 16.4 Å². The summed E-state index contributed by atoms with van der Waals surface area (Å²) in [7, 11) is 0. The van der Waals surface area contributed by atoms with Gasteiger partial charge in [-0.3, -0.25) is 10.1 Å².